The molecule has 1 aromatic carbocycles. The van der Waals surface area contributed by atoms with E-state index in [2.05, 4.69) is 15.5 Å². The second-order valence-electron chi connectivity index (χ2n) is 3.90. The highest BCUT2D eigenvalue weighted by Crippen LogP contribution is 2.30. The number of methoxy groups -OCH3 is 2. The zero-order valence-electron chi connectivity index (χ0n) is 11.3. The summed E-state index contributed by atoms with van der Waals surface area (Å²) < 4.78 is 23.8. The molecule has 0 saturated heterocycles. The van der Waals surface area contributed by atoms with Crippen LogP contribution in [-0.2, 0) is 0 Å². The van der Waals surface area contributed by atoms with Crippen molar-refractivity contribution < 1.29 is 13.9 Å². The van der Waals surface area contributed by atoms with Gasteiger partial charge in [0.05, 0.1) is 26.1 Å². The van der Waals surface area contributed by atoms with Gasteiger partial charge in [-0.3, -0.25) is 5.43 Å². The molecule has 0 aliphatic rings. The molecule has 20 heavy (non-hydrogen) atoms. The number of halogens is 1. The van der Waals surface area contributed by atoms with Gasteiger partial charge in [-0.05, 0) is 19.1 Å². The number of aromatic nitrogens is 1. The third-order valence-electron chi connectivity index (χ3n) is 2.45. The lowest BCUT2D eigenvalue weighted by molar-refractivity contribution is 0.337. The fraction of sp³-hybridized carbons (Fsp3) is 0.231. The Morgan fingerprint density at radius 3 is 2.75 bits per heavy atom. The van der Waals surface area contributed by atoms with Gasteiger partial charge in [0.1, 0.15) is 0 Å². The minimum Gasteiger partial charge on any atom is -0.493 e. The molecule has 0 atom stereocenters. The van der Waals surface area contributed by atoms with Crippen LogP contribution in [0.4, 0.5) is 9.52 Å². The van der Waals surface area contributed by atoms with Crippen LogP contribution in [0.3, 0.4) is 0 Å². The van der Waals surface area contributed by atoms with Crippen LogP contribution in [0, 0.1) is 12.7 Å². The number of hydrogen-bond acceptors (Lipinski definition) is 6. The summed E-state index contributed by atoms with van der Waals surface area (Å²) in [4.78, 5) is 4.20. The van der Waals surface area contributed by atoms with E-state index in [0.29, 0.717) is 16.4 Å². The number of hydrogen-bond donors (Lipinski definition) is 1. The lowest BCUT2D eigenvalue weighted by Crippen LogP contribution is -1.97. The third kappa shape index (κ3) is 3.24. The molecular weight excluding hydrogens is 281 g/mol. The number of nitrogens with zero attached hydrogens (tertiary/aromatic N) is 2. The summed E-state index contributed by atoms with van der Waals surface area (Å²) in [6, 6.07) is 2.96. The van der Waals surface area contributed by atoms with Crippen LogP contribution in [0.25, 0.3) is 0 Å². The number of anilines is 1. The first kappa shape index (κ1) is 14.3. The molecule has 5 nitrogen and oxygen atoms in total. The average molecular weight is 295 g/mol. The molecule has 0 fully saturated rings. The van der Waals surface area contributed by atoms with E-state index >= 15 is 0 Å². The minimum absolute atomic E-state index is 0.0770. The molecule has 7 heteroatoms. The summed E-state index contributed by atoms with van der Waals surface area (Å²) >= 11 is 1.45. The van der Waals surface area contributed by atoms with E-state index in [1.807, 2.05) is 12.3 Å². The zero-order valence-corrected chi connectivity index (χ0v) is 12.1. The third-order valence-corrected chi connectivity index (χ3v) is 3.31. The lowest BCUT2D eigenvalue weighted by atomic mass is 10.2. The van der Waals surface area contributed by atoms with Gasteiger partial charge < -0.3 is 9.47 Å². The first-order chi connectivity index (χ1) is 9.63. The molecule has 0 spiro atoms. The molecule has 0 bridgehead atoms. The molecule has 0 amide bonds. The molecule has 1 heterocycles. The molecule has 106 valence electrons. The van der Waals surface area contributed by atoms with Crippen molar-refractivity contribution in [3.8, 4) is 11.5 Å². The smallest absolute Gasteiger partial charge is 0.203 e. The monoisotopic (exact) mass is 295 g/mol. The summed E-state index contributed by atoms with van der Waals surface area (Å²) in [5, 5.41) is 6.60. The summed E-state index contributed by atoms with van der Waals surface area (Å²) in [5.74, 6) is -0.106. The van der Waals surface area contributed by atoms with Crippen molar-refractivity contribution in [3.05, 3.63) is 34.6 Å². The Balaban J connectivity index is 2.15. The molecule has 0 radical (unpaired) electrons. The van der Waals surface area contributed by atoms with Crippen molar-refractivity contribution in [2.45, 2.75) is 6.92 Å². The van der Waals surface area contributed by atoms with Crippen LogP contribution >= 0.6 is 11.3 Å². The molecule has 0 unspecified atom stereocenters. The van der Waals surface area contributed by atoms with Gasteiger partial charge in [-0.15, -0.1) is 11.3 Å². The van der Waals surface area contributed by atoms with Crippen LogP contribution in [-0.4, -0.2) is 25.4 Å². The highest BCUT2D eigenvalue weighted by Gasteiger charge is 2.11. The van der Waals surface area contributed by atoms with Gasteiger partial charge in [0.25, 0.3) is 0 Å². The highest BCUT2D eigenvalue weighted by atomic mass is 32.1. The van der Waals surface area contributed by atoms with Gasteiger partial charge in [-0.25, -0.2) is 9.37 Å². The minimum atomic E-state index is -0.501. The molecule has 2 rings (SSSR count). The van der Waals surface area contributed by atoms with E-state index in [4.69, 9.17) is 9.47 Å². The molecule has 0 saturated carbocycles. The van der Waals surface area contributed by atoms with Crippen LogP contribution < -0.4 is 14.9 Å². The van der Waals surface area contributed by atoms with E-state index in [9.17, 15) is 4.39 Å². The fourth-order valence-corrected chi connectivity index (χ4v) is 2.22. The maximum atomic E-state index is 13.8. The van der Waals surface area contributed by atoms with E-state index in [-0.39, 0.29) is 5.75 Å². The maximum absolute atomic E-state index is 13.8. The summed E-state index contributed by atoms with van der Waals surface area (Å²) in [7, 11) is 2.84. The Bertz CT molecular complexity index is 628. The predicted molar refractivity (Wildman–Crippen MR) is 77.6 cm³/mol. The first-order valence-electron chi connectivity index (χ1n) is 5.76. The summed E-state index contributed by atoms with van der Waals surface area (Å²) in [6.45, 7) is 1.90. The standard InChI is InChI=1S/C13H14FN3O2S/c1-8-7-20-13(16-8)17-15-6-9-4-10(14)12(19-3)11(5-9)18-2/h4-7H,1-3H3,(H,16,17). The van der Waals surface area contributed by atoms with Crippen molar-refractivity contribution in [1.29, 1.82) is 0 Å². The quantitative estimate of drug-likeness (QED) is 0.680. The number of hydrazone groups is 1. The lowest BCUT2D eigenvalue weighted by Gasteiger charge is -2.08. The largest absolute Gasteiger partial charge is 0.493 e. The topological polar surface area (TPSA) is 55.7 Å². The van der Waals surface area contributed by atoms with Crippen LogP contribution in [0.5, 0.6) is 11.5 Å². The van der Waals surface area contributed by atoms with Crippen molar-refractivity contribution in [2.24, 2.45) is 5.10 Å². The molecule has 2 aromatic rings. The Kier molecular flexibility index (Phi) is 4.52. The Labute approximate surface area is 120 Å². The Hall–Kier alpha value is -2.15. The van der Waals surface area contributed by atoms with E-state index in [0.717, 1.165) is 5.69 Å². The van der Waals surface area contributed by atoms with Crippen LogP contribution in [0.15, 0.2) is 22.6 Å². The van der Waals surface area contributed by atoms with Crippen molar-refractivity contribution in [3.63, 3.8) is 0 Å². The van der Waals surface area contributed by atoms with Crippen molar-refractivity contribution in [2.75, 3.05) is 19.6 Å². The van der Waals surface area contributed by atoms with E-state index < -0.39 is 5.82 Å². The van der Waals surface area contributed by atoms with Gasteiger partial charge in [0, 0.05) is 10.9 Å². The van der Waals surface area contributed by atoms with Gasteiger partial charge in [-0.1, -0.05) is 0 Å². The number of ether oxygens (including phenoxy) is 2. The van der Waals surface area contributed by atoms with E-state index in [1.165, 1.54) is 37.8 Å². The van der Waals surface area contributed by atoms with Gasteiger partial charge >= 0.3 is 0 Å². The molecule has 1 N–H and O–H groups in total. The number of benzene rings is 1. The van der Waals surface area contributed by atoms with E-state index in [1.54, 1.807) is 6.07 Å². The van der Waals surface area contributed by atoms with Gasteiger partial charge in [-0.2, -0.15) is 5.10 Å². The fourth-order valence-electron chi connectivity index (χ4n) is 1.58. The van der Waals surface area contributed by atoms with Crippen molar-refractivity contribution >= 4 is 22.7 Å². The Morgan fingerprint density at radius 2 is 2.15 bits per heavy atom. The highest BCUT2D eigenvalue weighted by molar-refractivity contribution is 7.13. The predicted octanol–water partition coefficient (Wildman–Crippen LogP) is 3.05. The second-order valence-corrected chi connectivity index (χ2v) is 4.76. The Morgan fingerprint density at radius 1 is 1.35 bits per heavy atom. The number of rotatable bonds is 5. The second kappa shape index (κ2) is 6.33. The normalized spacial score (nSPS) is 10.8. The van der Waals surface area contributed by atoms with Crippen LogP contribution in [0.2, 0.25) is 0 Å². The van der Waals surface area contributed by atoms with Gasteiger partial charge in [0.2, 0.25) is 5.13 Å². The summed E-state index contributed by atoms with van der Waals surface area (Å²) in [6.07, 6.45) is 1.49. The zero-order chi connectivity index (χ0) is 14.5. The molecule has 0 aliphatic carbocycles. The summed E-state index contributed by atoms with van der Waals surface area (Å²) in [5.41, 5.74) is 4.26. The number of aryl methyl sites for hydroxylation is 1. The van der Waals surface area contributed by atoms with Crippen molar-refractivity contribution in [1.82, 2.24) is 4.98 Å². The molecule has 1 aromatic heterocycles. The van der Waals surface area contributed by atoms with Gasteiger partial charge in [0.15, 0.2) is 17.3 Å². The van der Waals surface area contributed by atoms with Crippen LogP contribution in [0.1, 0.15) is 11.3 Å². The molecular formula is C13H14FN3O2S. The maximum Gasteiger partial charge on any atom is 0.203 e. The number of nitrogens with one attached hydrogen (secondary N) is 1. The number of thiazole rings is 1. The first-order valence-corrected chi connectivity index (χ1v) is 6.64. The SMILES string of the molecule is COc1cc(C=NNc2nc(C)cs2)cc(F)c1OC. The average Bonchev–Trinajstić information content (AvgIpc) is 2.83. The molecule has 0 aliphatic heterocycles.